The molecule has 0 aliphatic carbocycles. The van der Waals surface area contributed by atoms with Crippen LogP contribution in [0.5, 0.6) is 5.75 Å². The maximum atomic E-state index is 12.2. The van der Waals surface area contributed by atoms with Crippen LogP contribution in [-0.4, -0.2) is 18.1 Å². The number of hydrogen-bond donors (Lipinski definition) is 2. The first kappa shape index (κ1) is 17.9. The van der Waals surface area contributed by atoms with Crippen molar-refractivity contribution in [1.82, 2.24) is 4.98 Å². The lowest BCUT2D eigenvalue weighted by Gasteiger charge is -2.07. The van der Waals surface area contributed by atoms with Gasteiger partial charge in [-0.05, 0) is 48.5 Å². The molecule has 0 aliphatic heterocycles. The number of oxazole rings is 1. The normalized spacial score (nSPS) is 10.6. The molecule has 0 bridgehead atoms. The van der Waals surface area contributed by atoms with Crippen molar-refractivity contribution in [1.29, 1.82) is 0 Å². The van der Waals surface area contributed by atoms with Crippen LogP contribution in [0.15, 0.2) is 71.1 Å². The van der Waals surface area contributed by atoms with Crippen LogP contribution in [0.25, 0.3) is 22.6 Å². The molecule has 1 heterocycles. The van der Waals surface area contributed by atoms with Crippen molar-refractivity contribution in [3.63, 3.8) is 0 Å². The lowest BCUT2D eigenvalue weighted by Crippen LogP contribution is -2.19. The number of ether oxygens (including phenoxy) is 1. The fourth-order valence-electron chi connectivity index (χ4n) is 2.74. The molecule has 28 heavy (non-hydrogen) atoms. The highest BCUT2D eigenvalue weighted by Crippen LogP contribution is 2.28. The number of fused-ring (bicyclic) bond motifs is 1. The Morgan fingerprint density at radius 2 is 1.79 bits per heavy atom. The molecule has 1 aromatic heterocycles. The van der Waals surface area contributed by atoms with E-state index in [0.717, 1.165) is 11.3 Å². The largest absolute Gasteiger partial charge is 0.497 e. The van der Waals surface area contributed by atoms with E-state index in [4.69, 9.17) is 20.8 Å². The van der Waals surface area contributed by atoms with Crippen LogP contribution in [0.2, 0.25) is 5.02 Å². The molecule has 4 rings (SSSR count). The summed E-state index contributed by atoms with van der Waals surface area (Å²) in [6, 6.07) is 19.3. The molecular formula is C21H16ClN3O3. The highest BCUT2D eigenvalue weighted by Gasteiger charge is 2.11. The second kappa shape index (κ2) is 7.62. The van der Waals surface area contributed by atoms with Gasteiger partial charge in [-0.2, -0.15) is 0 Å². The number of benzene rings is 3. The molecule has 0 atom stereocenters. The highest BCUT2D eigenvalue weighted by molar-refractivity contribution is 6.30. The van der Waals surface area contributed by atoms with Crippen molar-refractivity contribution in [2.24, 2.45) is 0 Å². The van der Waals surface area contributed by atoms with E-state index < -0.39 is 0 Å². The lowest BCUT2D eigenvalue weighted by atomic mass is 10.2. The topological polar surface area (TPSA) is 76.4 Å². The SMILES string of the molecule is COc1cccc(-c2nc3ccc(NC(=O)Nc4cccc(Cl)c4)cc3o2)c1. The third-order valence-corrected chi connectivity index (χ3v) is 4.28. The van der Waals surface area contributed by atoms with Gasteiger partial charge in [0.2, 0.25) is 5.89 Å². The maximum Gasteiger partial charge on any atom is 0.323 e. The Bertz CT molecular complexity index is 1160. The van der Waals surface area contributed by atoms with E-state index in [2.05, 4.69) is 15.6 Å². The number of halogens is 1. The van der Waals surface area contributed by atoms with E-state index in [9.17, 15) is 4.79 Å². The van der Waals surface area contributed by atoms with Gasteiger partial charge in [0.25, 0.3) is 0 Å². The Hall–Kier alpha value is -3.51. The van der Waals surface area contributed by atoms with Gasteiger partial charge in [-0.15, -0.1) is 0 Å². The van der Waals surface area contributed by atoms with Crippen molar-refractivity contribution >= 4 is 40.1 Å². The quantitative estimate of drug-likeness (QED) is 0.459. The van der Waals surface area contributed by atoms with E-state index in [1.807, 2.05) is 24.3 Å². The number of rotatable bonds is 4. The first-order valence-electron chi connectivity index (χ1n) is 8.49. The number of nitrogens with one attached hydrogen (secondary N) is 2. The van der Waals surface area contributed by atoms with Gasteiger partial charge in [0.1, 0.15) is 11.3 Å². The van der Waals surface area contributed by atoms with Crippen molar-refractivity contribution in [2.75, 3.05) is 17.7 Å². The molecular weight excluding hydrogens is 378 g/mol. The predicted octanol–water partition coefficient (Wildman–Crippen LogP) is 5.80. The van der Waals surface area contributed by atoms with Crippen LogP contribution in [0.4, 0.5) is 16.2 Å². The van der Waals surface area contributed by atoms with E-state index in [1.54, 1.807) is 49.6 Å². The first-order chi connectivity index (χ1) is 13.6. The summed E-state index contributed by atoms with van der Waals surface area (Å²) in [6.45, 7) is 0. The number of methoxy groups -OCH3 is 1. The summed E-state index contributed by atoms with van der Waals surface area (Å²) in [6.07, 6.45) is 0. The molecule has 0 saturated heterocycles. The zero-order valence-electron chi connectivity index (χ0n) is 14.9. The van der Waals surface area contributed by atoms with E-state index in [1.165, 1.54) is 0 Å². The van der Waals surface area contributed by atoms with E-state index >= 15 is 0 Å². The number of anilines is 2. The monoisotopic (exact) mass is 393 g/mol. The van der Waals surface area contributed by atoms with Gasteiger partial charge in [-0.1, -0.05) is 23.7 Å². The van der Waals surface area contributed by atoms with Crippen LogP contribution in [-0.2, 0) is 0 Å². The second-order valence-electron chi connectivity index (χ2n) is 6.02. The zero-order chi connectivity index (χ0) is 19.5. The van der Waals surface area contributed by atoms with Gasteiger partial charge in [-0.3, -0.25) is 0 Å². The maximum absolute atomic E-state index is 12.2. The molecule has 7 heteroatoms. The van der Waals surface area contributed by atoms with Crippen molar-refractivity contribution in [2.45, 2.75) is 0 Å². The first-order valence-corrected chi connectivity index (χ1v) is 8.87. The smallest absolute Gasteiger partial charge is 0.323 e. The molecule has 4 aromatic rings. The average Bonchev–Trinajstić information content (AvgIpc) is 3.11. The molecule has 0 spiro atoms. The molecule has 0 radical (unpaired) electrons. The second-order valence-corrected chi connectivity index (χ2v) is 6.46. The van der Waals surface area contributed by atoms with E-state index in [-0.39, 0.29) is 6.03 Å². The van der Waals surface area contributed by atoms with Crippen molar-refractivity contribution in [3.05, 3.63) is 71.8 Å². The van der Waals surface area contributed by atoms with Crippen LogP contribution in [0, 0.1) is 0 Å². The van der Waals surface area contributed by atoms with Gasteiger partial charge in [-0.25, -0.2) is 9.78 Å². The summed E-state index contributed by atoms with van der Waals surface area (Å²) in [5.74, 6) is 1.20. The number of amides is 2. The zero-order valence-corrected chi connectivity index (χ0v) is 15.7. The Balaban J connectivity index is 1.53. The van der Waals surface area contributed by atoms with Crippen LogP contribution in [0.1, 0.15) is 0 Å². The summed E-state index contributed by atoms with van der Waals surface area (Å²) >= 11 is 5.93. The summed E-state index contributed by atoms with van der Waals surface area (Å²) in [5, 5.41) is 6.04. The molecule has 6 nitrogen and oxygen atoms in total. The third kappa shape index (κ3) is 3.92. The minimum Gasteiger partial charge on any atom is -0.497 e. The molecule has 0 saturated carbocycles. The number of aromatic nitrogens is 1. The molecule has 0 unspecified atom stereocenters. The van der Waals surface area contributed by atoms with Crippen molar-refractivity contribution in [3.8, 4) is 17.2 Å². The van der Waals surface area contributed by atoms with E-state index in [0.29, 0.717) is 33.4 Å². The summed E-state index contributed by atoms with van der Waals surface area (Å²) in [7, 11) is 1.61. The minimum absolute atomic E-state index is 0.380. The lowest BCUT2D eigenvalue weighted by molar-refractivity contribution is 0.262. The predicted molar refractivity (Wildman–Crippen MR) is 110 cm³/mol. The third-order valence-electron chi connectivity index (χ3n) is 4.05. The Morgan fingerprint density at radius 1 is 1.00 bits per heavy atom. The number of urea groups is 1. The number of nitrogens with zero attached hydrogens (tertiary/aromatic N) is 1. The highest BCUT2D eigenvalue weighted by atomic mass is 35.5. The van der Waals surface area contributed by atoms with Gasteiger partial charge < -0.3 is 19.8 Å². The summed E-state index contributed by atoms with van der Waals surface area (Å²) in [4.78, 5) is 16.7. The van der Waals surface area contributed by atoms with Gasteiger partial charge in [0.05, 0.1) is 7.11 Å². The fraction of sp³-hybridized carbons (Fsp3) is 0.0476. The van der Waals surface area contributed by atoms with Crippen LogP contribution >= 0.6 is 11.6 Å². The Morgan fingerprint density at radius 3 is 2.57 bits per heavy atom. The molecule has 140 valence electrons. The summed E-state index contributed by atoms with van der Waals surface area (Å²) in [5.41, 5.74) is 3.26. The van der Waals surface area contributed by atoms with Gasteiger partial charge in [0.15, 0.2) is 5.58 Å². The molecule has 0 fully saturated rings. The molecule has 0 aliphatic rings. The van der Waals surface area contributed by atoms with Gasteiger partial charge >= 0.3 is 6.03 Å². The number of hydrogen-bond acceptors (Lipinski definition) is 4. The van der Waals surface area contributed by atoms with Crippen LogP contribution < -0.4 is 15.4 Å². The number of carbonyl (C=O) groups is 1. The van der Waals surface area contributed by atoms with Crippen LogP contribution in [0.3, 0.4) is 0 Å². The minimum atomic E-state index is -0.380. The Labute approximate surface area is 166 Å². The number of carbonyl (C=O) groups excluding carboxylic acids is 1. The fourth-order valence-corrected chi connectivity index (χ4v) is 2.93. The Kier molecular flexibility index (Phi) is 4.87. The molecule has 2 N–H and O–H groups in total. The summed E-state index contributed by atoms with van der Waals surface area (Å²) < 4.78 is 11.1. The van der Waals surface area contributed by atoms with Crippen molar-refractivity contribution < 1.29 is 13.9 Å². The van der Waals surface area contributed by atoms with Gasteiger partial charge in [0, 0.05) is 28.0 Å². The molecule has 3 aromatic carbocycles. The average molecular weight is 394 g/mol. The molecule has 2 amide bonds. The standard InChI is InChI=1S/C21H16ClN3O3/c1-27-17-7-2-4-13(10-17)20-25-18-9-8-16(12-19(18)28-20)24-21(26)23-15-6-3-5-14(22)11-15/h2-12H,1H3,(H2,23,24,26).